The molecule has 0 bridgehead atoms. The van der Waals surface area contributed by atoms with Gasteiger partial charge in [0.2, 0.25) is 17.6 Å². The molecule has 1 aliphatic rings. The molecule has 180 valence electrons. The van der Waals surface area contributed by atoms with Crippen molar-refractivity contribution in [3.05, 3.63) is 65.7 Å². The molecular weight excluding hydrogens is 455 g/mol. The highest BCUT2D eigenvalue weighted by Crippen LogP contribution is 2.29. The van der Waals surface area contributed by atoms with E-state index in [-0.39, 0.29) is 30.7 Å². The molecule has 3 rings (SSSR count). The zero-order valence-corrected chi connectivity index (χ0v) is 17.9. The number of ether oxygens (including phenoxy) is 1. The third kappa shape index (κ3) is 6.33. The Morgan fingerprint density at radius 2 is 1.74 bits per heavy atom. The molecule has 11 heteroatoms. The quantitative estimate of drug-likeness (QED) is 0.535. The molecule has 3 N–H and O–H groups in total. The van der Waals surface area contributed by atoms with Gasteiger partial charge in [-0.05, 0) is 18.1 Å². The number of carbonyl (C=O) groups excluding carboxylic acids is 4. The normalized spacial score (nSPS) is 16.4. The molecule has 8 nitrogen and oxygen atoms in total. The highest BCUT2D eigenvalue weighted by Gasteiger charge is 2.39. The summed E-state index contributed by atoms with van der Waals surface area (Å²) in [7, 11) is 0. The fourth-order valence-corrected chi connectivity index (χ4v) is 3.73. The Labute approximate surface area is 192 Å². The average molecular weight is 477 g/mol. The summed E-state index contributed by atoms with van der Waals surface area (Å²) in [6.45, 7) is -0.492. The van der Waals surface area contributed by atoms with E-state index in [0.717, 1.165) is 11.0 Å². The summed E-state index contributed by atoms with van der Waals surface area (Å²) >= 11 is 0. The molecule has 0 saturated carbocycles. The van der Waals surface area contributed by atoms with Crippen molar-refractivity contribution >= 4 is 23.5 Å². The summed E-state index contributed by atoms with van der Waals surface area (Å²) in [6, 6.07) is 11.2. The number of carbonyl (C=O) groups is 4. The molecule has 1 fully saturated rings. The lowest BCUT2D eigenvalue weighted by atomic mass is 9.98. The summed E-state index contributed by atoms with van der Waals surface area (Å²) in [5.74, 6) is -4.04. The Morgan fingerprint density at radius 3 is 2.32 bits per heavy atom. The number of rotatable bonds is 9. The maximum atomic E-state index is 13.4. The van der Waals surface area contributed by atoms with Crippen LogP contribution in [0.1, 0.15) is 24.0 Å². The number of nitrogens with one attached hydrogen (secondary N) is 1. The highest BCUT2D eigenvalue weighted by molar-refractivity contribution is 6.37. The van der Waals surface area contributed by atoms with Crippen molar-refractivity contribution in [3.8, 4) is 5.75 Å². The lowest BCUT2D eigenvalue weighted by molar-refractivity contribution is -0.275. The van der Waals surface area contributed by atoms with Gasteiger partial charge in [0.05, 0.1) is 6.54 Å². The number of alkyl halides is 3. The van der Waals surface area contributed by atoms with Gasteiger partial charge in [-0.15, -0.1) is 13.2 Å². The van der Waals surface area contributed by atoms with Gasteiger partial charge in [-0.2, -0.15) is 0 Å². The molecule has 0 spiro atoms. The fourth-order valence-electron chi connectivity index (χ4n) is 3.73. The molecule has 0 radical (unpaired) electrons. The van der Waals surface area contributed by atoms with Crippen molar-refractivity contribution in [2.45, 2.75) is 44.3 Å². The van der Waals surface area contributed by atoms with E-state index in [4.69, 9.17) is 5.73 Å². The van der Waals surface area contributed by atoms with E-state index >= 15 is 0 Å². The summed E-state index contributed by atoms with van der Waals surface area (Å²) in [4.78, 5) is 50.7. The van der Waals surface area contributed by atoms with Crippen LogP contribution in [0.5, 0.6) is 5.75 Å². The van der Waals surface area contributed by atoms with Gasteiger partial charge in [0.1, 0.15) is 17.8 Å². The molecule has 3 amide bonds. The smallest absolute Gasteiger partial charge is 0.405 e. The Kier molecular flexibility index (Phi) is 7.54. The largest absolute Gasteiger partial charge is 0.573 e. The molecule has 2 atom stereocenters. The van der Waals surface area contributed by atoms with Gasteiger partial charge in [-0.1, -0.05) is 48.5 Å². The van der Waals surface area contributed by atoms with Crippen LogP contribution in [-0.2, 0) is 32.1 Å². The molecular formula is C23H22F3N3O5. The van der Waals surface area contributed by atoms with Gasteiger partial charge in [0.15, 0.2) is 0 Å². The van der Waals surface area contributed by atoms with Crippen LogP contribution in [0, 0.1) is 0 Å². The van der Waals surface area contributed by atoms with E-state index in [2.05, 4.69) is 10.1 Å². The van der Waals surface area contributed by atoms with E-state index in [1.165, 1.54) is 18.2 Å². The minimum absolute atomic E-state index is 0.0483. The number of ketones is 1. The first-order valence-electron chi connectivity index (χ1n) is 10.4. The third-order valence-electron chi connectivity index (χ3n) is 5.31. The lowest BCUT2D eigenvalue weighted by Gasteiger charge is -2.33. The predicted octanol–water partition coefficient (Wildman–Crippen LogP) is 1.86. The summed E-state index contributed by atoms with van der Waals surface area (Å²) in [6.07, 6.45) is -4.89. The standard InChI is InChI=1S/C23H22F3N3O5/c24-23(25,26)34-18-9-5-4-8-15(18)13-29(22(33)16-10-11-19(30)28-16)17(20(31)21(27)32)12-14-6-2-1-3-7-14/h1-9,16-17H,10-13H2,(H2,27,32)(H,28,30). The highest BCUT2D eigenvalue weighted by atomic mass is 19.4. The van der Waals surface area contributed by atoms with Gasteiger partial charge < -0.3 is 20.7 Å². The molecule has 1 saturated heterocycles. The first-order chi connectivity index (χ1) is 16.0. The fraction of sp³-hybridized carbons (Fsp3) is 0.304. The zero-order valence-electron chi connectivity index (χ0n) is 17.9. The third-order valence-corrected chi connectivity index (χ3v) is 5.31. The van der Waals surface area contributed by atoms with Gasteiger partial charge in [-0.25, -0.2) is 0 Å². The van der Waals surface area contributed by atoms with Crippen molar-refractivity contribution in [3.63, 3.8) is 0 Å². The van der Waals surface area contributed by atoms with Crippen molar-refractivity contribution in [1.82, 2.24) is 10.2 Å². The van der Waals surface area contributed by atoms with Crippen molar-refractivity contribution in [1.29, 1.82) is 0 Å². The molecule has 1 heterocycles. The first-order valence-corrected chi connectivity index (χ1v) is 10.4. The molecule has 2 aromatic carbocycles. The van der Waals surface area contributed by atoms with Crippen LogP contribution in [0.2, 0.25) is 0 Å². The Balaban J connectivity index is 2.03. The number of halogens is 3. The maximum Gasteiger partial charge on any atom is 0.573 e. The van der Waals surface area contributed by atoms with Crippen LogP contribution in [0.25, 0.3) is 0 Å². The van der Waals surface area contributed by atoms with E-state index in [1.54, 1.807) is 30.3 Å². The van der Waals surface area contributed by atoms with Gasteiger partial charge in [-0.3, -0.25) is 19.2 Å². The minimum atomic E-state index is -4.99. The van der Waals surface area contributed by atoms with Crippen molar-refractivity contribution in [2.75, 3.05) is 0 Å². The van der Waals surface area contributed by atoms with Crippen molar-refractivity contribution in [2.24, 2.45) is 5.73 Å². The Hall–Kier alpha value is -3.89. The molecule has 2 unspecified atom stereocenters. The molecule has 1 aliphatic heterocycles. The maximum absolute atomic E-state index is 13.4. The molecule has 34 heavy (non-hydrogen) atoms. The van der Waals surface area contributed by atoms with E-state index < -0.39 is 48.3 Å². The average Bonchev–Trinajstić information content (AvgIpc) is 3.22. The zero-order chi connectivity index (χ0) is 24.9. The van der Waals surface area contributed by atoms with Gasteiger partial charge >= 0.3 is 6.36 Å². The number of para-hydroxylation sites is 1. The monoisotopic (exact) mass is 477 g/mol. The van der Waals surface area contributed by atoms with E-state index in [0.29, 0.717) is 5.56 Å². The number of amides is 3. The number of nitrogens with zero attached hydrogens (tertiary/aromatic N) is 1. The second-order valence-electron chi connectivity index (χ2n) is 7.71. The number of hydrogen-bond acceptors (Lipinski definition) is 5. The lowest BCUT2D eigenvalue weighted by Crippen LogP contribution is -2.54. The SMILES string of the molecule is NC(=O)C(=O)C(Cc1ccccc1)N(Cc1ccccc1OC(F)(F)F)C(=O)C1CCC(=O)N1. The number of primary amides is 1. The van der Waals surface area contributed by atoms with Crippen LogP contribution in [0.15, 0.2) is 54.6 Å². The number of hydrogen-bond donors (Lipinski definition) is 2. The number of benzene rings is 2. The summed E-state index contributed by atoms with van der Waals surface area (Å²) in [5.41, 5.74) is 5.79. The van der Waals surface area contributed by atoms with Gasteiger partial charge in [0, 0.05) is 18.4 Å². The van der Waals surface area contributed by atoms with Crippen molar-refractivity contribution < 1.29 is 37.1 Å². The molecule has 0 aliphatic carbocycles. The molecule has 2 aromatic rings. The Bertz CT molecular complexity index is 1080. The van der Waals surface area contributed by atoms with E-state index in [9.17, 15) is 32.3 Å². The van der Waals surface area contributed by atoms with E-state index in [1.807, 2.05) is 0 Å². The summed E-state index contributed by atoms with van der Waals surface area (Å²) < 4.78 is 42.8. The van der Waals surface area contributed by atoms with Crippen LogP contribution in [0.4, 0.5) is 13.2 Å². The van der Waals surface area contributed by atoms with Crippen LogP contribution in [-0.4, -0.2) is 46.9 Å². The predicted molar refractivity (Wildman–Crippen MR) is 113 cm³/mol. The topological polar surface area (TPSA) is 119 Å². The van der Waals surface area contributed by atoms with Gasteiger partial charge in [0.25, 0.3) is 5.91 Å². The second-order valence-corrected chi connectivity index (χ2v) is 7.71. The second kappa shape index (κ2) is 10.4. The Morgan fingerprint density at radius 1 is 1.09 bits per heavy atom. The molecule has 0 aromatic heterocycles. The van der Waals surface area contributed by atoms with Crippen LogP contribution < -0.4 is 15.8 Å². The van der Waals surface area contributed by atoms with Crippen LogP contribution >= 0.6 is 0 Å². The first kappa shape index (κ1) is 24.7. The summed E-state index contributed by atoms with van der Waals surface area (Å²) in [5, 5.41) is 2.49. The van der Waals surface area contributed by atoms with Crippen LogP contribution in [0.3, 0.4) is 0 Å². The number of Topliss-reactive ketones (excluding diaryl/α,β-unsaturated/α-hetero) is 1. The minimum Gasteiger partial charge on any atom is -0.405 e. The number of nitrogens with two attached hydrogens (primary N) is 1.